The van der Waals surface area contributed by atoms with Crippen molar-refractivity contribution in [2.75, 3.05) is 13.2 Å². The predicted molar refractivity (Wildman–Crippen MR) is 91.5 cm³/mol. The van der Waals surface area contributed by atoms with Crippen LogP contribution in [0.15, 0.2) is 30.3 Å². The van der Waals surface area contributed by atoms with Gasteiger partial charge >= 0.3 is 11.9 Å². The third kappa shape index (κ3) is 7.28. The molecule has 0 spiro atoms. The molecule has 0 radical (unpaired) electrons. The zero-order valence-corrected chi connectivity index (χ0v) is 15.1. The number of hydrogen-bond acceptors (Lipinski definition) is 4. The van der Waals surface area contributed by atoms with Crippen LogP contribution in [0.4, 0.5) is 0 Å². The molecule has 5 heteroatoms. The Balaban J connectivity index is 0. The van der Waals surface area contributed by atoms with Crippen LogP contribution in [-0.4, -0.2) is 35.9 Å². The molecule has 0 saturated heterocycles. The van der Waals surface area contributed by atoms with Gasteiger partial charge in [0.25, 0.3) is 5.60 Å². The van der Waals surface area contributed by atoms with E-state index in [-0.39, 0.29) is 19.6 Å². The lowest BCUT2D eigenvalue weighted by Crippen LogP contribution is -2.52. The summed E-state index contributed by atoms with van der Waals surface area (Å²) >= 11 is 0. The van der Waals surface area contributed by atoms with Crippen LogP contribution in [0.25, 0.3) is 0 Å². The Morgan fingerprint density at radius 2 is 1.52 bits per heavy atom. The van der Waals surface area contributed by atoms with Gasteiger partial charge in [-0.05, 0) is 19.4 Å². The molecule has 0 saturated carbocycles. The van der Waals surface area contributed by atoms with Crippen molar-refractivity contribution in [3.8, 4) is 0 Å². The molecule has 1 unspecified atom stereocenters. The van der Waals surface area contributed by atoms with Gasteiger partial charge in [0.05, 0.1) is 6.61 Å². The van der Waals surface area contributed by atoms with Gasteiger partial charge in [-0.25, -0.2) is 9.59 Å². The number of carboxylic acids is 1. The molecule has 1 atom stereocenters. The maximum absolute atomic E-state index is 12.0. The van der Waals surface area contributed by atoms with Gasteiger partial charge in [-0.2, -0.15) is 0 Å². The summed E-state index contributed by atoms with van der Waals surface area (Å²) in [4.78, 5) is 23.5. The second kappa shape index (κ2) is 13.8. The number of rotatable bonds is 7. The van der Waals surface area contributed by atoms with Gasteiger partial charge in [-0.1, -0.05) is 58.0 Å². The number of hydrogen-bond donors (Lipinski definition) is 1. The lowest BCUT2D eigenvalue weighted by Gasteiger charge is -2.26. The smallest absolute Gasteiger partial charge is 0.350 e. The van der Waals surface area contributed by atoms with Crippen molar-refractivity contribution < 1.29 is 24.2 Å². The van der Waals surface area contributed by atoms with Gasteiger partial charge in [-0.3, -0.25) is 0 Å². The van der Waals surface area contributed by atoms with E-state index in [9.17, 15) is 14.7 Å². The van der Waals surface area contributed by atoms with Crippen LogP contribution in [0.1, 0.15) is 47.1 Å². The third-order valence-corrected chi connectivity index (χ3v) is 2.64. The number of carbonyl (C=O) groups excluding carboxylic acids is 1. The van der Waals surface area contributed by atoms with Crippen molar-refractivity contribution >= 4 is 11.9 Å². The molecule has 1 rings (SSSR count). The first kappa shape index (κ1) is 23.4. The molecule has 132 valence electrons. The van der Waals surface area contributed by atoms with Crippen LogP contribution in [-0.2, 0) is 25.5 Å². The minimum atomic E-state index is -1.98. The van der Waals surface area contributed by atoms with Gasteiger partial charge in [0, 0.05) is 13.0 Å². The molecule has 0 fully saturated rings. The average Bonchev–Trinajstić information content (AvgIpc) is 2.59. The van der Waals surface area contributed by atoms with Gasteiger partial charge in [0.15, 0.2) is 0 Å². The SMILES string of the molecule is CC.CC.CCOC(=O)C(Cc1ccccc1)(OCC)C(=O)O. The van der Waals surface area contributed by atoms with E-state index in [0.717, 1.165) is 0 Å². The zero-order chi connectivity index (χ0) is 18.3. The first-order chi connectivity index (χ1) is 11.1. The Hall–Kier alpha value is -1.88. The maximum atomic E-state index is 12.0. The van der Waals surface area contributed by atoms with Crippen molar-refractivity contribution in [3.63, 3.8) is 0 Å². The molecule has 0 aliphatic rings. The van der Waals surface area contributed by atoms with Gasteiger partial charge in [0.2, 0.25) is 0 Å². The van der Waals surface area contributed by atoms with Crippen LogP contribution in [0.5, 0.6) is 0 Å². The summed E-state index contributed by atoms with van der Waals surface area (Å²) in [5, 5.41) is 9.39. The monoisotopic (exact) mass is 326 g/mol. The predicted octanol–water partition coefficient (Wildman–Crippen LogP) is 3.70. The summed E-state index contributed by atoms with van der Waals surface area (Å²) in [6.45, 7) is 11.5. The third-order valence-electron chi connectivity index (χ3n) is 2.64. The standard InChI is InChI=1S/C14H18O5.2C2H6/c1-3-18-13(17)14(12(15)16,19-4-2)10-11-8-6-5-7-9-11;2*1-2/h5-9H,3-4,10H2,1-2H3,(H,15,16);2*1-2H3. The van der Waals surface area contributed by atoms with Crippen molar-refractivity contribution in [1.82, 2.24) is 0 Å². The van der Waals surface area contributed by atoms with E-state index in [1.54, 1.807) is 38.1 Å². The molecule has 0 heterocycles. The molecule has 23 heavy (non-hydrogen) atoms. The average molecular weight is 326 g/mol. The lowest BCUT2D eigenvalue weighted by atomic mass is 9.94. The fraction of sp³-hybridized carbons (Fsp3) is 0.556. The summed E-state index contributed by atoms with van der Waals surface area (Å²) in [5.41, 5.74) is -1.28. The van der Waals surface area contributed by atoms with Gasteiger partial charge in [-0.15, -0.1) is 0 Å². The Bertz CT molecular complexity index is 430. The molecule has 0 bridgehead atoms. The summed E-state index contributed by atoms with van der Waals surface area (Å²) in [7, 11) is 0. The van der Waals surface area contributed by atoms with Crippen molar-refractivity contribution in [2.24, 2.45) is 0 Å². The lowest BCUT2D eigenvalue weighted by molar-refractivity contribution is -0.186. The number of esters is 1. The summed E-state index contributed by atoms with van der Waals surface area (Å²) < 4.78 is 10.1. The van der Waals surface area contributed by atoms with Crippen molar-refractivity contribution in [2.45, 2.75) is 53.6 Å². The van der Waals surface area contributed by atoms with E-state index in [4.69, 9.17) is 9.47 Å². The minimum absolute atomic E-state index is 0.0597. The first-order valence-electron chi connectivity index (χ1n) is 8.15. The highest BCUT2D eigenvalue weighted by molar-refractivity contribution is 6.03. The fourth-order valence-electron chi connectivity index (χ4n) is 1.78. The highest BCUT2D eigenvalue weighted by Crippen LogP contribution is 2.21. The van der Waals surface area contributed by atoms with Gasteiger partial charge < -0.3 is 14.6 Å². The minimum Gasteiger partial charge on any atom is -0.479 e. The second-order valence-electron chi connectivity index (χ2n) is 3.95. The Labute approximate surface area is 139 Å². The van der Waals surface area contributed by atoms with Crippen molar-refractivity contribution in [1.29, 1.82) is 0 Å². The maximum Gasteiger partial charge on any atom is 0.350 e. The molecule has 0 aromatic heterocycles. The summed E-state index contributed by atoms with van der Waals surface area (Å²) in [6, 6.07) is 8.86. The Kier molecular flexibility index (Phi) is 14.0. The van der Waals surface area contributed by atoms with E-state index in [1.807, 2.05) is 33.8 Å². The number of ether oxygens (including phenoxy) is 2. The fourth-order valence-corrected chi connectivity index (χ4v) is 1.78. The van der Waals surface area contributed by atoms with Crippen LogP contribution in [0, 0.1) is 0 Å². The van der Waals surface area contributed by atoms with Crippen molar-refractivity contribution in [3.05, 3.63) is 35.9 Å². The molecule has 0 amide bonds. The molecule has 1 aromatic carbocycles. The number of benzene rings is 1. The largest absolute Gasteiger partial charge is 0.479 e. The molecular formula is C18H30O5. The molecule has 0 aliphatic heterocycles. The summed E-state index contributed by atoms with van der Waals surface area (Å²) in [6.07, 6.45) is -0.0597. The molecule has 0 aliphatic carbocycles. The summed E-state index contributed by atoms with van der Waals surface area (Å²) in [5.74, 6) is -2.20. The van der Waals surface area contributed by atoms with E-state index >= 15 is 0 Å². The van der Waals surface area contributed by atoms with Crippen LogP contribution >= 0.6 is 0 Å². The molecular weight excluding hydrogens is 296 g/mol. The van der Waals surface area contributed by atoms with Crippen LogP contribution in [0.3, 0.4) is 0 Å². The number of carboxylic acid groups (broad SMARTS) is 1. The molecule has 1 aromatic rings. The highest BCUT2D eigenvalue weighted by atomic mass is 16.6. The number of carbonyl (C=O) groups is 2. The highest BCUT2D eigenvalue weighted by Gasteiger charge is 2.49. The second-order valence-corrected chi connectivity index (χ2v) is 3.95. The molecule has 1 N–H and O–H groups in total. The van der Waals surface area contributed by atoms with Crippen LogP contribution < -0.4 is 0 Å². The Morgan fingerprint density at radius 1 is 1.00 bits per heavy atom. The van der Waals surface area contributed by atoms with E-state index in [2.05, 4.69) is 0 Å². The zero-order valence-electron chi connectivity index (χ0n) is 15.1. The molecule has 5 nitrogen and oxygen atoms in total. The quantitative estimate of drug-likeness (QED) is 0.611. The van der Waals surface area contributed by atoms with E-state index in [1.165, 1.54) is 0 Å². The van der Waals surface area contributed by atoms with E-state index in [0.29, 0.717) is 5.56 Å². The Morgan fingerprint density at radius 3 is 1.91 bits per heavy atom. The normalized spacial score (nSPS) is 11.7. The van der Waals surface area contributed by atoms with Gasteiger partial charge in [0.1, 0.15) is 0 Å². The van der Waals surface area contributed by atoms with Crippen LogP contribution in [0.2, 0.25) is 0 Å². The number of aliphatic carboxylic acids is 1. The first-order valence-corrected chi connectivity index (χ1v) is 8.15. The topological polar surface area (TPSA) is 72.8 Å². The van der Waals surface area contributed by atoms with E-state index < -0.39 is 17.5 Å².